The number of nitrogens with one attached hydrogen (secondary N) is 2. The van der Waals surface area contributed by atoms with Crippen LogP contribution in [0.2, 0.25) is 0 Å². The van der Waals surface area contributed by atoms with Crippen molar-refractivity contribution in [1.29, 1.82) is 0 Å². The molecule has 0 aliphatic carbocycles. The van der Waals surface area contributed by atoms with Gasteiger partial charge in [-0.05, 0) is 29.8 Å². The van der Waals surface area contributed by atoms with Crippen molar-refractivity contribution < 1.29 is 15.2 Å². The average Bonchev–Trinajstić information content (AvgIpc) is 3.41. The van der Waals surface area contributed by atoms with E-state index in [0.717, 1.165) is 27.6 Å². The van der Waals surface area contributed by atoms with Crippen molar-refractivity contribution in [2.45, 2.75) is 6.04 Å². The highest BCUT2D eigenvalue weighted by atomic mass is 16.5. The second-order valence-electron chi connectivity index (χ2n) is 9.23. The van der Waals surface area contributed by atoms with E-state index in [1.807, 2.05) is 66.9 Å². The summed E-state index contributed by atoms with van der Waals surface area (Å²) in [5.74, 6) is 0.339. The zero-order valence-electron chi connectivity index (χ0n) is 20.5. The van der Waals surface area contributed by atoms with Gasteiger partial charge in [-0.3, -0.25) is 15.5 Å². The molecule has 2 aromatic carbocycles. The van der Waals surface area contributed by atoms with Gasteiger partial charge in [-0.25, -0.2) is 9.97 Å². The third kappa shape index (κ3) is 4.39. The average molecular weight is 507 g/mol. The Labute approximate surface area is 218 Å². The molecule has 1 saturated heterocycles. The maximum atomic E-state index is 13.7. The molecule has 190 valence electrons. The first-order valence-electron chi connectivity index (χ1n) is 12.4. The van der Waals surface area contributed by atoms with Crippen LogP contribution in [0.15, 0.2) is 91.3 Å². The molecule has 0 radical (unpaired) electrons. The summed E-state index contributed by atoms with van der Waals surface area (Å²) in [6.07, 6.45) is 3.50. The Hall–Kier alpha value is -4.57. The van der Waals surface area contributed by atoms with Crippen LogP contribution in [-0.2, 0) is 0 Å². The second kappa shape index (κ2) is 10.1. The Balaban J connectivity index is 1.31. The highest BCUT2D eigenvalue weighted by Crippen LogP contribution is 2.31. The molecule has 1 atom stereocenters. The number of anilines is 2. The van der Waals surface area contributed by atoms with Crippen LogP contribution in [0.1, 0.15) is 27.7 Å². The molecule has 9 nitrogen and oxygen atoms in total. The molecule has 1 unspecified atom stereocenters. The van der Waals surface area contributed by atoms with E-state index in [1.165, 1.54) is 5.06 Å². The molecule has 0 bridgehead atoms. The Kier molecular flexibility index (Phi) is 6.30. The normalized spacial score (nSPS) is 16.1. The number of nitrogens with zero attached hydrogens (tertiary/aromatic N) is 4. The summed E-state index contributed by atoms with van der Waals surface area (Å²) < 4.78 is 0. The van der Waals surface area contributed by atoms with Gasteiger partial charge < -0.3 is 15.1 Å². The number of aromatic amines is 1. The molecule has 4 N–H and O–H groups in total. The number of hydroxylamine groups is 2. The Morgan fingerprint density at radius 1 is 1.00 bits per heavy atom. The molecule has 38 heavy (non-hydrogen) atoms. The first-order chi connectivity index (χ1) is 18.6. The molecule has 0 spiro atoms. The number of aromatic nitrogens is 3. The summed E-state index contributed by atoms with van der Waals surface area (Å²) in [5.41, 5.74) is 6.13. The molecular weight excluding hydrogens is 480 g/mol. The third-order valence-corrected chi connectivity index (χ3v) is 6.97. The molecule has 9 heteroatoms. The maximum Gasteiger partial charge on any atom is 0.215 e. The van der Waals surface area contributed by atoms with Crippen LogP contribution in [0.5, 0.6) is 0 Å². The molecular formula is C29H26N6O3. The first-order valence-corrected chi connectivity index (χ1v) is 12.4. The number of carbonyl (C=O) groups excluding carboxylic acids is 1. The fourth-order valence-electron chi connectivity index (χ4n) is 4.98. The molecule has 5 aromatic rings. The minimum atomic E-state index is -0.363. The van der Waals surface area contributed by atoms with Gasteiger partial charge >= 0.3 is 0 Å². The predicted octanol–water partition coefficient (Wildman–Crippen LogP) is 4.91. The molecule has 0 saturated carbocycles. The number of piperazine rings is 1. The predicted molar refractivity (Wildman–Crippen MR) is 144 cm³/mol. The number of ketones is 1. The third-order valence-electron chi connectivity index (χ3n) is 6.97. The topological polar surface area (TPSA) is 118 Å². The van der Waals surface area contributed by atoms with Crippen LogP contribution in [0.25, 0.3) is 22.0 Å². The van der Waals surface area contributed by atoms with E-state index >= 15 is 0 Å². The fraction of sp³-hybridized carbons (Fsp3) is 0.138. The number of rotatable bonds is 6. The van der Waals surface area contributed by atoms with Crippen molar-refractivity contribution in [3.05, 3.63) is 108 Å². The maximum absolute atomic E-state index is 13.7. The second-order valence-corrected chi connectivity index (χ2v) is 9.23. The van der Waals surface area contributed by atoms with Gasteiger partial charge in [-0.1, -0.05) is 54.6 Å². The summed E-state index contributed by atoms with van der Waals surface area (Å²) in [4.78, 5) is 27.9. The smallest absolute Gasteiger partial charge is 0.215 e. The molecule has 4 heterocycles. The molecule has 6 rings (SSSR count). The van der Waals surface area contributed by atoms with E-state index in [1.54, 1.807) is 24.4 Å². The lowest BCUT2D eigenvalue weighted by atomic mass is 10.0. The minimum absolute atomic E-state index is 0.0591. The fourth-order valence-corrected chi connectivity index (χ4v) is 4.98. The number of carbonyl (C=O) groups is 1. The largest absolute Gasteiger partial charge is 0.361 e. The standard InChI is InChI=1S/C29H26N6O3/c36-28(22-15-20(16-31-29(22)33-37)23-17-30-24-10-5-4-9-21(23)24)25-11-6-12-27(32-25)34-13-14-35(38)26(18-34)19-7-2-1-3-8-19/h1-12,15-17,26,30,37-38H,13-14,18H2,(H,31,33). The Bertz CT molecular complexity index is 1600. The van der Waals surface area contributed by atoms with Crippen molar-refractivity contribution in [3.63, 3.8) is 0 Å². The summed E-state index contributed by atoms with van der Waals surface area (Å²) >= 11 is 0. The van der Waals surface area contributed by atoms with Crippen molar-refractivity contribution in [1.82, 2.24) is 20.0 Å². The van der Waals surface area contributed by atoms with Crippen LogP contribution < -0.4 is 10.4 Å². The number of benzene rings is 2. The molecule has 1 aliphatic heterocycles. The van der Waals surface area contributed by atoms with Crippen LogP contribution in [0.4, 0.5) is 11.6 Å². The van der Waals surface area contributed by atoms with E-state index < -0.39 is 0 Å². The van der Waals surface area contributed by atoms with Crippen LogP contribution >= 0.6 is 0 Å². The Morgan fingerprint density at radius 3 is 2.66 bits per heavy atom. The van der Waals surface area contributed by atoms with Gasteiger partial charge in [0.25, 0.3) is 0 Å². The number of H-pyrrole nitrogens is 1. The summed E-state index contributed by atoms with van der Waals surface area (Å²) in [6.45, 7) is 1.52. The summed E-state index contributed by atoms with van der Waals surface area (Å²) in [7, 11) is 0. The number of hydrogen-bond donors (Lipinski definition) is 4. The lowest BCUT2D eigenvalue weighted by Crippen LogP contribution is -2.47. The van der Waals surface area contributed by atoms with Gasteiger partial charge in [0.05, 0.1) is 11.6 Å². The molecule has 1 aliphatic rings. The molecule has 1 fully saturated rings. The highest BCUT2D eigenvalue weighted by Gasteiger charge is 2.28. The summed E-state index contributed by atoms with van der Waals surface area (Å²) in [5, 5.41) is 22.6. The van der Waals surface area contributed by atoms with Gasteiger partial charge in [0.15, 0.2) is 5.82 Å². The first kappa shape index (κ1) is 23.8. The minimum Gasteiger partial charge on any atom is -0.361 e. The number of fused-ring (bicyclic) bond motifs is 1. The lowest BCUT2D eigenvalue weighted by Gasteiger charge is -2.38. The quantitative estimate of drug-likeness (QED) is 0.190. The zero-order valence-corrected chi connectivity index (χ0v) is 20.5. The van der Waals surface area contributed by atoms with E-state index in [9.17, 15) is 15.2 Å². The monoisotopic (exact) mass is 506 g/mol. The van der Waals surface area contributed by atoms with Crippen molar-refractivity contribution >= 4 is 28.3 Å². The van der Waals surface area contributed by atoms with E-state index in [4.69, 9.17) is 0 Å². The van der Waals surface area contributed by atoms with Crippen LogP contribution in [-0.4, -0.2) is 55.8 Å². The number of para-hydroxylation sites is 1. The van der Waals surface area contributed by atoms with Gasteiger partial charge in [0.2, 0.25) is 5.78 Å². The van der Waals surface area contributed by atoms with Gasteiger partial charge in [-0.2, -0.15) is 5.06 Å². The highest BCUT2D eigenvalue weighted by molar-refractivity contribution is 6.11. The van der Waals surface area contributed by atoms with Crippen LogP contribution in [0.3, 0.4) is 0 Å². The van der Waals surface area contributed by atoms with Gasteiger partial charge in [-0.15, -0.1) is 0 Å². The van der Waals surface area contributed by atoms with Crippen LogP contribution in [0, 0.1) is 0 Å². The van der Waals surface area contributed by atoms with Crippen molar-refractivity contribution in [2.24, 2.45) is 0 Å². The van der Waals surface area contributed by atoms with Crippen molar-refractivity contribution in [2.75, 3.05) is 30.0 Å². The number of pyridine rings is 2. The lowest BCUT2D eigenvalue weighted by molar-refractivity contribution is -0.133. The SMILES string of the molecule is O=C(c1cccc(N2CCN(O)C(c3ccccc3)C2)n1)c1cc(-c2c[nH]c3ccccc23)cnc1NO. The number of hydrogen-bond acceptors (Lipinski definition) is 8. The molecule has 3 aromatic heterocycles. The van der Waals surface area contributed by atoms with Gasteiger partial charge in [0, 0.05) is 54.1 Å². The Morgan fingerprint density at radius 2 is 1.82 bits per heavy atom. The summed E-state index contributed by atoms with van der Waals surface area (Å²) in [6, 6.07) is 24.5. The zero-order chi connectivity index (χ0) is 26.1. The van der Waals surface area contributed by atoms with Crippen molar-refractivity contribution in [3.8, 4) is 11.1 Å². The van der Waals surface area contributed by atoms with E-state index in [0.29, 0.717) is 25.5 Å². The van der Waals surface area contributed by atoms with Gasteiger partial charge in [0.1, 0.15) is 11.5 Å². The molecule has 0 amide bonds. The van der Waals surface area contributed by atoms with E-state index in [2.05, 4.69) is 25.3 Å². The van der Waals surface area contributed by atoms with E-state index in [-0.39, 0.29) is 28.9 Å².